The molecule has 2 rings (SSSR count). The first-order valence-electron chi connectivity index (χ1n) is 5.84. The van der Waals surface area contributed by atoms with Crippen LogP contribution in [0.1, 0.15) is 41.8 Å². The molecule has 1 fully saturated rings. The molecule has 0 aromatic carbocycles. The number of carboxylic acids is 1. The molecule has 1 heterocycles. The molecule has 1 amide bonds. The van der Waals surface area contributed by atoms with Crippen LogP contribution >= 0.6 is 22.9 Å². The van der Waals surface area contributed by atoms with Gasteiger partial charge in [-0.25, -0.2) is 4.79 Å². The van der Waals surface area contributed by atoms with E-state index in [-0.39, 0.29) is 5.91 Å². The molecule has 4 nitrogen and oxygen atoms in total. The van der Waals surface area contributed by atoms with Crippen LogP contribution in [-0.2, 0) is 4.79 Å². The van der Waals surface area contributed by atoms with E-state index in [9.17, 15) is 14.7 Å². The molecule has 0 spiro atoms. The summed E-state index contributed by atoms with van der Waals surface area (Å²) in [5.41, 5.74) is -1.12. The second-order valence-electron chi connectivity index (χ2n) is 4.50. The molecule has 0 radical (unpaired) electrons. The summed E-state index contributed by atoms with van der Waals surface area (Å²) in [7, 11) is 0. The summed E-state index contributed by atoms with van der Waals surface area (Å²) in [5.74, 6) is -1.34. The molecule has 1 aliphatic carbocycles. The van der Waals surface area contributed by atoms with Gasteiger partial charge in [0.1, 0.15) is 10.4 Å². The van der Waals surface area contributed by atoms with Crippen molar-refractivity contribution in [3.63, 3.8) is 0 Å². The van der Waals surface area contributed by atoms with Gasteiger partial charge >= 0.3 is 5.97 Å². The molecule has 1 aromatic rings. The van der Waals surface area contributed by atoms with Crippen molar-refractivity contribution in [2.45, 2.75) is 37.6 Å². The first-order valence-corrected chi connectivity index (χ1v) is 7.10. The maximum atomic E-state index is 12.1. The molecular formula is C12H14ClNO3S. The van der Waals surface area contributed by atoms with E-state index in [1.54, 1.807) is 11.4 Å². The maximum Gasteiger partial charge on any atom is 0.329 e. The van der Waals surface area contributed by atoms with Crippen molar-refractivity contribution < 1.29 is 14.7 Å². The number of nitrogens with one attached hydrogen (secondary N) is 1. The highest BCUT2D eigenvalue weighted by Gasteiger charge is 2.41. The minimum Gasteiger partial charge on any atom is -0.480 e. The second-order valence-corrected chi connectivity index (χ2v) is 5.82. The Morgan fingerprint density at radius 3 is 2.50 bits per heavy atom. The summed E-state index contributed by atoms with van der Waals surface area (Å²) in [5, 5.41) is 14.1. The number of hydrogen-bond donors (Lipinski definition) is 2. The van der Waals surface area contributed by atoms with E-state index in [1.165, 1.54) is 11.3 Å². The van der Waals surface area contributed by atoms with Gasteiger partial charge in [-0.15, -0.1) is 11.3 Å². The Hall–Kier alpha value is -1.07. The molecule has 1 saturated carbocycles. The average molecular weight is 288 g/mol. The minimum absolute atomic E-state index is 0.369. The first kappa shape index (κ1) is 13.4. The van der Waals surface area contributed by atoms with Crippen LogP contribution in [-0.4, -0.2) is 22.5 Å². The summed E-state index contributed by atoms with van der Waals surface area (Å²) in [6.07, 6.45) is 3.63. The van der Waals surface area contributed by atoms with Crippen molar-refractivity contribution >= 4 is 34.8 Å². The van der Waals surface area contributed by atoms with Crippen LogP contribution in [0.2, 0.25) is 5.02 Å². The second kappa shape index (κ2) is 5.28. The van der Waals surface area contributed by atoms with Gasteiger partial charge in [0, 0.05) is 0 Å². The quantitative estimate of drug-likeness (QED) is 0.898. The van der Waals surface area contributed by atoms with Gasteiger partial charge in [-0.3, -0.25) is 4.79 Å². The fourth-order valence-corrected chi connectivity index (χ4v) is 3.31. The Kier molecular flexibility index (Phi) is 3.92. The minimum atomic E-state index is -1.12. The number of carboxylic acid groups (broad SMARTS) is 1. The Balaban J connectivity index is 2.17. The van der Waals surface area contributed by atoms with Crippen LogP contribution < -0.4 is 5.32 Å². The van der Waals surface area contributed by atoms with Crippen LogP contribution in [0.3, 0.4) is 0 Å². The molecular weight excluding hydrogens is 274 g/mol. The van der Waals surface area contributed by atoms with Crippen molar-refractivity contribution in [3.8, 4) is 0 Å². The van der Waals surface area contributed by atoms with Crippen LogP contribution in [0.15, 0.2) is 11.4 Å². The highest BCUT2D eigenvalue weighted by Crippen LogP contribution is 2.30. The Labute approximate surface area is 114 Å². The molecule has 1 aliphatic rings. The Morgan fingerprint density at radius 2 is 2.00 bits per heavy atom. The van der Waals surface area contributed by atoms with Gasteiger partial charge in [0.25, 0.3) is 5.91 Å². The van der Waals surface area contributed by atoms with E-state index >= 15 is 0 Å². The van der Waals surface area contributed by atoms with E-state index in [0.29, 0.717) is 22.7 Å². The van der Waals surface area contributed by atoms with Crippen LogP contribution in [0.4, 0.5) is 0 Å². The normalized spacial score (nSPS) is 18.3. The average Bonchev–Trinajstić information content (AvgIpc) is 2.76. The molecule has 0 saturated heterocycles. The zero-order valence-electron chi connectivity index (χ0n) is 9.74. The lowest BCUT2D eigenvalue weighted by atomic mass is 9.81. The molecule has 0 bridgehead atoms. The van der Waals surface area contributed by atoms with E-state index in [0.717, 1.165) is 19.3 Å². The number of amides is 1. The molecule has 2 N–H and O–H groups in total. The van der Waals surface area contributed by atoms with Gasteiger partial charge in [0.05, 0.1) is 5.02 Å². The zero-order chi connectivity index (χ0) is 13.2. The number of thiophene rings is 1. The number of halogens is 1. The fraction of sp³-hybridized carbons (Fsp3) is 0.500. The lowest BCUT2D eigenvalue weighted by Gasteiger charge is -2.33. The lowest BCUT2D eigenvalue weighted by Crippen LogP contribution is -2.55. The lowest BCUT2D eigenvalue weighted by molar-refractivity contribution is -0.145. The highest BCUT2D eigenvalue weighted by atomic mass is 35.5. The van der Waals surface area contributed by atoms with Crippen molar-refractivity contribution in [3.05, 3.63) is 21.3 Å². The third-order valence-corrected chi connectivity index (χ3v) is 4.63. The zero-order valence-corrected chi connectivity index (χ0v) is 11.3. The van der Waals surface area contributed by atoms with Crippen LogP contribution in [0, 0.1) is 0 Å². The monoisotopic (exact) mass is 287 g/mol. The molecule has 18 heavy (non-hydrogen) atoms. The first-order chi connectivity index (χ1) is 8.55. The summed E-state index contributed by atoms with van der Waals surface area (Å²) in [4.78, 5) is 23.9. The Bertz CT molecular complexity index is 466. The molecule has 98 valence electrons. The van der Waals surface area contributed by atoms with Crippen molar-refractivity contribution in [1.82, 2.24) is 5.32 Å². The van der Waals surface area contributed by atoms with Crippen molar-refractivity contribution in [2.24, 2.45) is 0 Å². The standard InChI is InChI=1S/C12H14ClNO3S/c13-8-4-7-18-9(8)10(15)14-12(11(16)17)5-2-1-3-6-12/h4,7H,1-3,5-6H2,(H,14,15)(H,16,17). The number of carbonyl (C=O) groups excluding carboxylic acids is 1. The van der Waals surface area contributed by atoms with E-state index in [1.807, 2.05) is 0 Å². The van der Waals surface area contributed by atoms with E-state index in [4.69, 9.17) is 11.6 Å². The summed E-state index contributed by atoms with van der Waals surface area (Å²) < 4.78 is 0. The van der Waals surface area contributed by atoms with E-state index < -0.39 is 11.5 Å². The topological polar surface area (TPSA) is 66.4 Å². The SMILES string of the molecule is O=C(NC1(C(=O)O)CCCCC1)c1sccc1Cl. The highest BCUT2D eigenvalue weighted by molar-refractivity contribution is 7.12. The number of rotatable bonds is 3. The predicted octanol–water partition coefficient (Wildman–Crippen LogP) is 2.92. The largest absolute Gasteiger partial charge is 0.480 e. The number of aliphatic carboxylic acids is 1. The fourth-order valence-electron chi connectivity index (χ4n) is 2.28. The van der Waals surface area contributed by atoms with Gasteiger partial charge in [-0.1, -0.05) is 30.9 Å². The smallest absolute Gasteiger partial charge is 0.329 e. The molecule has 0 unspecified atom stereocenters. The van der Waals surface area contributed by atoms with Crippen molar-refractivity contribution in [2.75, 3.05) is 0 Å². The number of carbonyl (C=O) groups is 2. The molecule has 0 atom stereocenters. The maximum absolute atomic E-state index is 12.1. The van der Waals surface area contributed by atoms with Gasteiger partial charge in [0.2, 0.25) is 0 Å². The summed E-state index contributed by atoms with van der Waals surface area (Å²) >= 11 is 7.10. The Morgan fingerprint density at radius 1 is 1.33 bits per heavy atom. The molecule has 0 aliphatic heterocycles. The van der Waals surface area contributed by atoms with Gasteiger partial charge in [-0.05, 0) is 24.3 Å². The summed E-state index contributed by atoms with van der Waals surface area (Å²) in [6.45, 7) is 0. The third kappa shape index (κ3) is 2.52. The van der Waals surface area contributed by atoms with E-state index in [2.05, 4.69) is 5.32 Å². The number of hydrogen-bond acceptors (Lipinski definition) is 3. The third-order valence-electron chi connectivity index (χ3n) is 3.29. The van der Waals surface area contributed by atoms with Gasteiger partial charge in [0.15, 0.2) is 0 Å². The van der Waals surface area contributed by atoms with Gasteiger partial charge in [-0.2, -0.15) is 0 Å². The van der Waals surface area contributed by atoms with Crippen molar-refractivity contribution in [1.29, 1.82) is 0 Å². The van der Waals surface area contributed by atoms with Crippen LogP contribution in [0.5, 0.6) is 0 Å². The van der Waals surface area contributed by atoms with Crippen LogP contribution in [0.25, 0.3) is 0 Å². The predicted molar refractivity (Wildman–Crippen MR) is 70.2 cm³/mol. The summed E-state index contributed by atoms with van der Waals surface area (Å²) in [6, 6.07) is 1.63. The van der Waals surface area contributed by atoms with Gasteiger partial charge < -0.3 is 10.4 Å². The molecule has 6 heteroatoms. The molecule has 1 aromatic heterocycles.